The lowest BCUT2D eigenvalue weighted by Crippen LogP contribution is -2.19. The fourth-order valence-corrected chi connectivity index (χ4v) is 3.91. The summed E-state index contributed by atoms with van der Waals surface area (Å²) in [6.07, 6.45) is 3.90. The summed E-state index contributed by atoms with van der Waals surface area (Å²) < 4.78 is 2.07. The zero-order chi connectivity index (χ0) is 20.4. The average Bonchev–Trinajstić information content (AvgIpc) is 3.29. The summed E-state index contributed by atoms with van der Waals surface area (Å²) in [4.78, 5) is 19.7. The molecule has 1 fully saturated rings. The molecule has 1 aromatic heterocycles. The van der Waals surface area contributed by atoms with Gasteiger partial charge in [0.1, 0.15) is 0 Å². The Morgan fingerprint density at radius 2 is 1.86 bits per heavy atom. The smallest absolute Gasteiger partial charge is 0.264 e. The van der Waals surface area contributed by atoms with Gasteiger partial charge in [-0.25, -0.2) is 4.99 Å². The lowest BCUT2D eigenvalue weighted by molar-refractivity contribution is -0.115. The third-order valence-electron chi connectivity index (χ3n) is 4.59. The van der Waals surface area contributed by atoms with Gasteiger partial charge in [0, 0.05) is 37.4 Å². The first-order valence-electron chi connectivity index (χ1n) is 9.31. The summed E-state index contributed by atoms with van der Waals surface area (Å²) in [7, 11) is 4.04. The fourth-order valence-electron chi connectivity index (χ4n) is 3.09. The molecule has 146 valence electrons. The van der Waals surface area contributed by atoms with Crippen LogP contribution in [0.2, 0.25) is 0 Å². The van der Waals surface area contributed by atoms with E-state index < -0.39 is 0 Å². The van der Waals surface area contributed by atoms with Crippen LogP contribution in [0, 0.1) is 6.92 Å². The van der Waals surface area contributed by atoms with Crippen LogP contribution >= 0.6 is 11.8 Å². The summed E-state index contributed by atoms with van der Waals surface area (Å²) in [5.74, 6) is -0.128. The van der Waals surface area contributed by atoms with Crippen LogP contribution in [0.1, 0.15) is 11.3 Å². The van der Waals surface area contributed by atoms with Gasteiger partial charge in [0.05, 0.1) is 10.6 Å². The molecule has 1 saturated heterocycles. The molecule has 2 aromatic carbocycles. The quantitative estimate of drug-likeness (QED) is 0.641. The lowest BCUT2D eigenvalue weighted by Gasteiger charge is -2.13. The molecule has 1 aliphatic heterocycles. The van der Waals surface area contributed by atoms with Crippen molar-refractivity contribution in [2.24, 2.45) is 4.99 Å². The number of aryl methyl sites for hydroxylation is 1. The number of anilines is 1. The summed E-state index contributed by atoms with van der Waals surface area (Å²) in [6.45, 7) is 2.02. The van der Waals surface area contributed by atoms with Gasteiger partial charge < -0.3 is 14.8 Å². The second-order valence-corrected chi connectivity index (χ2v) is 8.07. The van der Waals surface area contributed by atoms with Crippen LogP contribution in [0.3, 0.4) is 0 Å². The molecule has 1 aliphatic rings. The molecule has 5 nitrogen and oxygen atoms in total. The van der Waals surface area contributed by atoms with Crippen LogP contribution < -0.4 is 10.2 Å². The van der Waals surface area contributed by atoms with E-state index in [1.165, 1.54) is 11.8 Å². The molecule has 2 heterocycles. The summed E-state index contributed by atoms with van der Waals surface area (Å²) in [6, 6.07) is 20.2. The predicted molar refractivity (Wildman–Crippen MR) is 122 cm³/mol. The first-order chi connectivity index (χ1) is 14.0. The minimum atomic E-state index is -0.128. The Kier molecular flexibility index (Phi) is 5.27. The molecule has 1 amide bonds. The Morgan fingerprint density at radius 3 is 2.59 bits per heavy atom. The van der Waals surface area contributed by atoms with E-state index in [0.29, 0.717) is 10.1 Å². The van der Waals surface area contributed by atoms with Crippen LogP contribution in [-0.2, 0) is 4.79 Å². The van der Waals surface area contributed by atoms with E-state index in [1.807, 2.05) is 69.7 Å². The molecule has 0 atom stereocenters. The van der Waals surface area contributed by atoms with Gasteiger partial charge in [0.15, 0.2) is 5.17 Å². The number of amidine groups is 1. The van der Waals surface area contributed by atoms with Crippen molar-refractivity contribution >= 4 is 40.3 Å². The van der Waals surface area contributed by atoms with E-state index in [9.17, 15) is 4.79 Å². The van der Waals surface area contributed by atoms with Gasteiger partial charge in [0.2, 0.25) is 0 Å². The van der Waals surface area contributed by atoms with Gasteiger partial charge in [0.25, 0.3) is 5.91 Å². The minimum absolute atomic E-state index is 0.128. The second kappa shape index (κ2) is 8.01. The number of benzene rings is 2. The summed E-state index contributed by atoms with van der Waals surface area (Å²) in [5.41, 5.74) is 5.10. The lowest BCUT2D eigenvalue weighted by atomic mass is 10.2. The highest BCUT2D eigenvalue weighted by Crippen LogP contribution is 2.29. The maximum Gasteiger partial charge on any atom is 0.264 e. The number of hydrogen-bond donors (Lipinski definition) is 1. The maximum absolute atomic E-state index is 12.4. The fraction of sp³-hybridized carbons (Fsp3) is 0.130. The van der Waals surface area contributed by atoms with Crippen molar-refractivity contribution < 1.29 is 4.79 Å². The highest BCUT2D eigenvalue weighted by molar-refractivity contribution is 8.18. The number of carbonyl (C=O) groups is 1. The monoisotopic (exact) mass is 402 g/mol. The van der Waals surface area contributed by atoms with Crippen molar-refractivity contribution in [2.75, 3.05) is 19.0 Å². The van der Waals surface area contributed by atoms with Gasteiger partial charge in [-0.1, -0.05) is 12.1 Å². The van der Waals surface area contributed by atoms with Crippen molar-refractivity contribution in [3.05, 3.63) is 83.0 Å². The minimum Gasteiger partial charge on any atom is -0.378 e. The van der Waals surface area contributed by atoms with E-state index >= 15 is 0 Å². The normalized spacial score (nSPS) is 16.4. The number of amides is 1. The number of hydrogen-bond acceptors (Lipinski definition) is 4. The maximum atomic E-state index is 12.4. The standard InChI is InChI=1S/C23H22N4OS/c1-16-6-4-7-17(14-16)24-23-25-22(28)21(29-23)15-20-8-5-13-27(20)19-11-9-18(10-12-19)26(2)3/h4-15H,1-3H3,(H,24,25,28)/b21-15-. The first-order valence-corrected chi connectivity index (χ1v) is 10.1. The number of nitrogens with zero attached hydrogens (tertiary/aromatic N) is 3. The third-order valence-corrected chi connectivity index (χ3v) is 5.50. The van der Waals surface area contributed by atoms with Crippen molar-refractivity contribution in [1.82, 2.24) is 9.88 Å². The van der Waals surface area contributed by atoms with Gasteiger partial charge >= 0.3 is 0 Å². The van der Waals surface area contributed by atoms with Crippen molar-refractivity contribution in [2.45, 2.75) is 6.92 Å². The summed E-state index contributed by atoms with van der Waals surface area (Å²) in [5, 5.41) is 3.45. The Hall–Kier alpha value is -3.25. The van der Waals surface area contributed by atoms with E-state index in [2.05, 4.69) is 44.0 Å². The van der Waals surface area contributed by atoms with Crippen molar-refractivity contribution in [3.63, 3.8) is 0 Å². The van der Waals surface area contributed by atoms with Crippen molar-refractivity contribution in [3.8, 4) is 5.69 Å². The number of nitrogens with one attached hydrogen (secondary N) is 1. The van der Waals surface area contributed by atoms with Crippen LogP contribution in [0.4, 0.5) is 11.4 Å². The molecular weight excluding hydrogens is 380 g/mol. The first kappa shape index (κ1) is 19.1. The SMILES string of the molecule is Cc1cccc(N=C2NC(=O)/C(=C/c3cccn3-c3ccc(N(C)C)cc3)S2)c1. The van der Waals surface area contributed by atoms with Gasteiger partial charge in [-0.05, 0) is 78.9 Å². The molecule has 29 heavy (non-hydrogen) atoms. The Balaban J connectivity index is 1.59. The zero-order valence-corrected chi connectivity index (χ0v) is 17.4. The molecule has 0 aliphatic carbocycles. The molecule has 6 heteroatoms. The third kappa shape index (κ3) is 4.27. The topological polar surface area (TPSA) is 49.6 Å². The molecule has 0 radical (unpaired) electrons. The molecular formula is C23H22N4OS. The highest BCUT2D eigenvalue weighted by atomic mass is 32.2. The zero-order valence-electron chi connectivity index (χ0n) is 16.6. The number of rotatable bonds is 4. The molecule has 0 unspecified atom stereocenters. The number of aliphatic imine (C=N–C) groups is 1. The van der Waals surface area contributed by atoms with Crippen molar-refractivity contribution in [1.29, 1.82) is 0 Å². The number of aromatic nitrogens is 1. The van der Waals surface area contributed by atoms with Gasteiger partial charge in [-0.2, -0.15) is 0 Å². The largest absolute Gasteiger partial charge is 0.378 e. The van der Waals surface area contributed by atoms with Gasteiger partial charge in [-0.3, -0.25) is 4.79 Å². The molecule has 0 bridgehead atoms. The van der Waals surface area contributed by atoms with Crippen LogP contribution in [0.15, 0.2) is 76.8 Å². The molecule has 3 aromatic rings. The van der Waals surface area contributed by atoms with E-state index in [1.54, 1.807) is 0 Å². The average molecular weight is 403 g/mol. The van der Waals surface area contributed by atoms with E-state index in [0.717, 1.165) is 28.3 Å². The Bertz CT molecular complexity index is 1110. The number of carbonyl (C=O) groups excluding carboxylic acids is 1. The van der Waals surface area contributed by atoms with Crippen LogP contribution in [0.5, 0.6) is 0 Å². The predicted octanol–water partition coefficient (Wildman–Crippen LogP) is 4.74. The van der Waals surface area contributed by atoms with Gasteiger partial charge in [-0.15, -0.1) is 0 Å². The van der Waals surface area contributed by atoms with E-state index in [4.69, 9.17) is 0 Å². The van der Waals surface area contributed by atoms with Crippen LogP contribution in [-0.4, -0.2) is 29.7 Å². The molecule has 0 saturated carbocycles. The molecule has 1 N–H and O–H groups in total. The van der Waals surface area contributed by atoms with E-state index in [-0.39, 0.29) is 5.91 Å². The molecule has 0 spiro atoms. The Labute approximate surface area is 174 Å². The van der Waals surface area contributed by atoms with Crippen LogP contribution in [0.25, 0.3) is 11.8 Å². The number of thioether (sulfide) groups is 1. The molecule has 4 rings (SSSR count). The Morgan fingerprint density at radius 1 is 1.07 bits per heavy atom. The highest BCUT2D eigenvalue weighted by Gasteiger charge is 2.24. The second-order valence-electron chi connectivity index (χ2n) is 7.03. The summed E-state index contributed by atoms with van der Waals surface area (Å²) >= 11 is 1.36.